The van der Waals surface area contributed by atoms with Gasteiger partial charge in [0, 0.05) is 56.2 Å². The third-order valence-corrected chi connectivity index (χ3v) is 4.20. The van der Waals surface area contributed by atoms with E-state index in [0.717, 1.165) is 44.0 Å². The molecule has 122 valence electrons. The summed E-state index contributed by atoms with van der Waals surface area (Å²) in [6.45, 7) is 6.61. The van der Waals surface area contributed by atoms with Crippen LogP contribution in [-0.2, 0) is 6.54 Å². The number of rotatable bonds is 4. The Labute approximate surface area is 136 Å². The zero-order valence-corrected chi connectivity index (χ0v) is 13.7. The Bertz CT molecular complexity index is 668. The van der Waals surface area contributed by atoms with E-state index in [9.17, 15) is 0 Å². The van der Waals surface area contributed by atoms with Gasteiger partial charge in [0.25, 0.3) is 0 Å². The highest BCUT2D eigenvalue weighted by Crippen LogP contribution is 2.22. The van der Waals surface area contributed by atoms with E-state index in [1.54, 1.807) is 7.11 Å². The van der Waals surface area contributed by atoms with Gasteiger partial charge in [-0.25, -0.2) is 9.97 Å². The molecule has 1 aliphatic heterocycles. The van der Waals surface area contributed by atoms with E-state index in [1.165, 1.54) is 5.69 Å². The largest absolute Gasteiger partial charge is 0.497 e. The summed E-state index contributed by atoms with van der Waals surface area (Å²) < 4.78 is 5.30. The van der Waals surface area contributed by atoms with Crippen LogP contribution in [0.4, 0.5) is 11.5 Å². The van der Waals surface area contributed by atoms with Crippen LogP contribution in [0.25, 0.3) is 0 Å². The maximum atomic E-state index is 5.99. The monoisotopic (exact) mass is 313 g/mol. The third kappa shape index (κ3) is 3.71. The lowest BCUT2D eigenvalue weighted by atomic mass is 10.2. The lowest BCUT2D eigenvalue weighted by Crippen LogP contribution is -2.46. The molecule has 1 saturated heterocycles. The van der Waals surface area contributed by atoms with Gasteiger partial charge in [-0.3, -0.25) is 4.90 Å². The van der Waals surface area contributed by atoms with Crippen molar-refractivity contribution in [2.24, 2.45) is 0 Å². The Morgan fingerprint density at radius 3 is 2.70 bits per heavy atom. The summed E-state index contributed by atoms with van der Waals surface area (Å²) in [5.41, 5.74) is 8.20. The number of aryl methyl sites for hydroxylation is 1. The molecule has 1 aromatic carbocycles. The molecule has 2 aromatic rings. The Hall–Kier alpha value is -2.34. The Balaban J connectivity index is 1.59. The van der Waals surface area contributed by atoms with Crippen molar-refractivity contribution in [2.75, 3.05) is 43.9 Å². The van der Waals surface area contributed by atoms with Gasteiger partial charge in [0.15, 0.2) is 0 Å². The highest BCUT2D eigenvalue weighted by atomic mass is 16.5. The number of nitrogen functional groups attached to an aromatic ring is 1. The fourth-order valence-electron chi connectivity index (χ4n) is 2.85. The molecule has 23 heavy (non-hydrogen) atoms. The van der Waals surface area contributed by atoms with Crippen LogP contribution in [0.15, 0.2) is 30.5 Å². The first-order chi connectivity index (χ1) is 11.2. The van der Waals surface area contributed by atoms with Crippen molar-refractivity contribution < 1.29 is 4.74 Å². The Morgan fingerprint density at radius 2 is 2.00 bits per heavy atom. The summed E-state index contributed by atoms with van der Waals surface area (Å²) >= 11 is 0. The summed E-state index contributed by atoms with van der Waals surface area (Å²) in [7, 11) is 1.70. The average molecular weight is 313 g/mol. The lowest BCUT2D eigenvalue weighted by Gasteiger charge is -2.36. The number of nitrogens with two attached hydrogens (primary N) is 1. The molecule has 0 atom stereocenters. The van der Waals surface area contributed by atoms with Crippen molar-refractivity contribution in [1.82, 2.24) is 14.9 Å². The van der Waals surface area contributed by atoms with E-state index < -0.39 is 0 Å². The standard InChI is InChI=1S/C17H23N5O/c1-13-19-11-14(17(18)20-13)12-21-6-8-22(9-7-21)15-4-3-5-16(10-15)23-2/h3-5,10-11H,6-9,12H2,1-2H3,(H2,18,19,20). The predicted octanol–water partition coefficient (Wildman–Crippen LogP) is 1.70. The van der Waals surface area contributed by atoms with Gasteiger partial charge >= 0.3 is 0 Å². The van der Waals surface area contributed by atoms with Crippen molar-refractivity contribution in [1.29, 1.82) is 0 Å². The molecule has 6 nitrogen and oxygen atoms in total. The van der Waals surface area contributed by atoms with Gasteiger partial charge in [0.2, 0.25) is 0 Å². The van der Waals surface area contributed by atoms with Crippen LogP contribution < -0.4 is 15.4 Å². The van der Waals surface area contributed by atoms with E-state index in [1.807, 2.05) is 25.3 Å². The summed E-state index contributed by atoms with van der Waals surface area (Å²) in [5, 5.41) is 0. The van der Waals surface area contributed by atoms with E-state index in [2.05, 4.69) is 31.9 Å². The molecule has 3 rings (SSSR count). The van der Waals surface area contributed by atoms with Crippen LogP contribution in [0.3, 0.4) is 0 Å². The number of aromatic nitrogens is 2. The smallest absolute Gasteiger partial charge is 0.131 e. The molecule has 1 aromatic heterocycles. The third-order valence-electron chi connectivity index (χ3n) is 4.20. The van der Waals surface area contributed by atoms with Gasteiger partial charge < -0.3 is 15.4 Å². The number of anilines is 2. The predicted molar refractivity (Wildman–Crippen MR) is 91.7 cm³/mol. The highest BCUT2D eigenvalue weighted by Gasteiger charge is 2.18. The van der Waals surface area contributed by atoms with Crippen LogP contribution in [0, 0.1) is 6.92 Å². The van der Waals surface area contributed by atoms with Gasteiger partial charge in [0.1, 0.15) is 17.4 Å². The molecular weight excluding hydrogens is 290 g/mol. The lowest BCUT2D eigenvalue weighted by molar-refractivity contribution is 0.249. The first-order valence-corrected chi connectivity index (χ1v) is 7.85. The molecule has 0 spiro atoms. The van der Waals surface area contributed by atoms with Crippen LogP contribution in [0.1, 0.15) is 11.4 Å². The molecule has 1 fully saturated rings. The summed E-state index contributed by atoms with van der Waals surface area (Å²) in [5.74, 6) is 2.20. The number of hydrogen-bond acceptors (Lipinski definition) is 6. The molecule has 6 heteroatoms. The normalized spacial score (nSPS) is 15.7. The minimum Gasteiger partial charge on any atom is -0.497 e. The minimum absolute atomic E-state index is 0.590. The molecule has 0 radical (unpaired) electrons. The second-order valence-electron chi connectivity index (χ2n) is 5.79. The van der Waals surface area contributed by atoms with E-state index in [0.29, 0.717) is 11.6 Å². The molecule has 0 aliphatic carbocycles. The highest BCUT2D eigenvalue weighted by molar-refractivity contribution is 5.51. The summed E-state index contributed by atoms with van der Waals surface area (Å²) in [6.07, 6.45) is 1.84. The molecule has 0 bridgehead atoms. The molecule has 2 heterocycles. The van der Waals surface area contributed by atoms with Crippen molar-refractivity contribution in [2.45, 2.75) is 13.5 Å². The van der Waals surface area contributed by atoms with Crippen molar-refractivity contribution in [3.05, 3.63) is 41.9 Å². The van der Waals surface area contributed by atoms with Crippen LogP contribution in [0.2, 0.25) is 0 Å². The first-order valence-electron chi connectivity index (χ1n) is 7.85. The number of ether oxygens (including phenoxy) is 1. The van der Waals surface area contributed by atoms with Crippen molar-refractivity contribution >= 4 is 11.5 Å². The zero-order chi connectivity index (χ0) is 16.2. The fraction of sp³-hybridized carbons (Fsp3) is 0.412. The number of methoxy groups -OCH3 is 1. The maximum Gasteiger partial charge on any atom is 0.131 e. The van der Waals surface area contributed by atoms with Crippen LogP contribution in [-0.4, -0.2) is 48.2 Å². The van der Waals surface area contributed by atoms with Crippen molar-refractivity contribution in [3.8, 4) is 5.75 Å². The summed E-state index contributed by atoms with van der Waals surface area (Å²) in [6, 6.07) is 8.22. The average Bonchev–Trinajstić information content (AvgIpc) is 2.58. The Kier molecular flexibility index (Phi) is 4.62. The van der Waals surface area contributed by atoms with Crippen LogP contribution in [0.5, 0.6) is 5.75 Å². The molecule has 1 aliphatic rings. The molecule has 0 amide bonds. The molecule has 0 saturated carbocycles. The molecular formula is C17H23N5O. The number of piperazine rings is 1. The fourth-order valence-corrected chi connectivity index (χ4v) is 2.85. The number of nitrogens with zero attached hydrogens (tertiary/aromatic N) is 4. The minimum atomic E-state index is 0.590. The maximum absolute atomic E-state index is 5.99. The summed E-state index contributed by atoms with van der Waals surface area (Å²) in [4.78, 5) is 13.3. The van der Waals surface area contributed by atoms with Gasteiger partial charge in [-0.05, 0) is 19.1 Å². The van der Waals surface area contributed by atoms with Gasteiger partial charge in [0.05, 0.1) is 7.11 Å². The van der Waals surface area contributed by atoms with E-state index >= 15 is 0 Å². The first kappa shape index (κ1) is 15.6. The second-order valence-corrected chi connectivity index (χ2v) is 5.79. The van der Waals surface area contributed by atoms with Crippen LogP contribution >= 0.6 is 0 Å². The van der Waals surface area contributed by atoms with Gasteiger partial charge in [-0.15, -0.1) is 0 Å². The molecule has 0 unspecified atom stereocenters. The Morgan fingerprint density at radius 1 is 1.22 bits per heavy atom. The second kappa shape index (κ2) is 6.83. The SMILES string of the molecule is COc1cccc(N2CCN(Cc3cnc(C)nc3N)CC2)c1. The van der Waals surface area contributed by atoms with E-state index in [4.69, 9.17) is 10.5 Å². The molecule has 2 N–H and O–H groups in total. The zero-order valence-electron chi connectivity index (χ0n) is 13.7. The van der Waals surface area contributed by atoms with Gasteiger partial charge in [-0.1, -0.05) is 6.07 Å². The van der Waals surface area contributed by atoms with Gasteiger partial charge in [-0.2, -0.15) is 0 Å². The topological polar surface area (TPSA) is 67.5 Å². The number of hydrogen-bond donors (Lipinski definition) is 1. The van der Waals surface area contributed by atoms with E-state index in [-0.39, 0.29) is 0 Å². The van der Waals surface area contributed by atoms with Crippen molar-refractivity contribution in [3.63, 3.8) is 0 Å². The number of benzene rings is 1. The quantitative estimate of drug-likeness (QED) is 0.926.